The minimum Gasteiger partial charge on any atom is -0.353 e. The van der Waals surface area contributed by atoms with Crippen molar-refractivity contribution in [3.8, 4) is 11.3 Å². The number of hydrogen-bond donors (Lipinski definition) is 2. The number of anilines is 1. The molecule has 3 aromatic rings. The summed E-state index contributed by atoms with van der Waals surface area (Å²) in [4.78, 5) is 14.7. The van der Waals surface area contributed by atoms with Crippen LogP contribution in [0.5, 0.6) is 0 Å². The Kier molecular flexibility index (Phi) is 5.12. The highest BCUT2D eigenvalue weighted by Crippen LogP contribution is 2.24. The molecular weight excluding hydrogens is 360 g/mol. The first-order valence-corrected chi connectivity index (χ1v) is 9.49. The van der Waals surface area contributed by atoms with Crippen molar-refractivity contribution in [1.29, 1.82) is 0 Å². The van der Waals surface area contributed by atoms with E-state index in [1.54, 1.807) is 12.1 Å². The van der Waals surface area contributed by atoms with Gasteiger partial charge in [0.25, 0.3) is 5.91 Å². The fraction of sp³-hybridized carbons (Fsp3) is 0.238. The molecule has 1 aliphatic rings. The molecule has 27 heavy (non-hydrogen) atoms. The van der Waals surface area contributed by atoms with E-state index >= 15 is 0 Å². The normalized spacial score (nSPS) is 16.9. The van der Waals surface area contributed by atoms with Gasteiger partial charge in [-0.05, 0) is 30.5 Å². The van der Waals surface area contributed by atoms with Crippen molar-refractivity contribution < 1.29 is 4.79 Å². The minimum atomic E-state index is -0.126. The van der Waals surface area contributed by atoms with E-state index in [-0.39, 0.29) is 11.9 Å². The van der Waals surface area contributed by atoms with Crippen LogP contribution in [0.3, 0.4) is 0 Å². The molecule has 2 heterocycles. The fourth-order valence-electron chi connectivity index (χ4n) is 3.45. The highest BCUT2D eigenvalue weighted by atomic mass is 35.5. The largest absolute Gasteiger partial charge is 0.353 e. The van der Waals surface area contributed by atoms with Crippen molar-refractivity contribution >= 4 is 23.3 Å². The highest BCUT2D eigenvalue weighted by Gasteiger charge is 2.24. The molecule has 1 aromatic heterocycles. The van der Waals surface area contributed by atoms with Crippen LogP contribution < -0.4 is 10.2 Å². The number of nitrogens with zero attached hydrogens (tertiary/aromatic N) is 2. The van der Waals surface area contributed by atoms with Gasteiger partial charge in [0.15, 0.2) is 5.82 Å². The van der Waals surface area contributed by atoms with Gasteiger partial charge in [-0.2, -0.15) is 5.10 Å². The fourth-order valence-corrected chi connectivity index (χ4v) is 3.67. The Labute approximate surface area is 163 Å². The molecule has 0 spiro atoms. The predicted molar refractivity (Wildman–Crippen MR) is 108 cm³/mol. The maximum atomic E-state index is 12.5. The van der Waals surface area contributed by atoms with Gasteiger partial charge in [-0.25, -0.2) is 0 Å². The second-order valence-corrected chi connectivity index (χ2v) is 7.15. The molecule has 1 saturated heterocycles. The van der Waals surface area contributed by atoms with E-state index in [9.17, 15) is 4.79 Å². The summed E-state index contributed by atoms with van der Waals surface area (Å²) in [6.45, 7) is 1.66. The molecule has 138 valence electrons. The highest BCUT2D eigenvalue weighted by molar-refractivity contribution is 6.33. The minimum absolute atomic E-state index is 0.0689. The Morgan fingerprint density at radius 1 is 1.15 bits per heavy atom. The third kappa shape index (κ3) is 3.98. The number of rotatable bonds is 4. The number of carbonyl (C=O) groups is 1. The topological polar surface area (TPSA) is 61.0 Å². The molecule has 0 unspecified atom stereocenters. The molecule has 0 radical (unpaired) electrons. The number of nitrogens with one attached hydrogen (secondary N) is 2. The van der Waals surface area contributed by atoms with E-state index < -0.39 is 0 Å². The van der Waals surface area contributed by atoms with Gasteiger partial charge in [-0.1, -0.05) is 54.1 Å². The summed E-state index contributed by atoms with van der Waals surface area (Å²) in [7, 11) is 0. The van der Waals surface area contributed by atoms with Crippen LogP contribution >= 0.6 is 11.6 Å². The molecular formula is C21H21ClN4O. The lowest BCUT2D eigenvalue weighted by Crippen LogP contribution is -2.48. The standard InChI is InChI=1S/C21H21ClN4O/c22-18-11-5-4-10-17(18)21(27)23-16-9-6-12-26(14-16)20-13-19(24-25-20)15-7-2-1-3-8-15/h1-5,7-8,10-11,13,16H,6,9,12,14H2,(H,23,27)(H,24,25)/t16-/m1/s1. The predicted octanol–water partition coefficient (Wildman–Crippen LogP) is 4.13. The Bertz CT molecular complexity index is 925. The average molecular weight is 381 g/mol. The van der Waals surface area contributed by atoms with Crippen molar-refractivity contribution in [2.24, 2.45) is 0 Å². The van der Waals surface area contributed by atoms with Crippen molar-refractivity contribution in [1.82, 2.24) is 15.5 Å². The van der Waals surface area contributed by atoms with Crippen molar-refractivity contribution in [3.63, 3.8) is 0 Å². The van der Waals surface area contributed by atoms with E-state index in [2.05, 4.69) is 38.6 Å². The SMILES string of the molecule is O=C(N[C@@H]1CCCN(c2cc(-c3ccccc3)[nH]n2)C1)c1ccccc1Cl. The van der Waals surface area contributed by atoms with Crippen LogP contribution in [0.1, 0.15) is 23.2 Å². The molecule has 0 saturated carbocycles. The number of piperidine rings is 1. The third-order valence-electron chi connectivity index (χ3n) is 4.85. The van der Waals surface area contributed by atoms with Crippen molar-refractivity contribution in [3.05, 3.63) is 71.2 Å². The van der Waals surface area contributed by atoms with Gasteiger partial charge < -0.3 is 10.2 Å². The zero-order valence-electron chi connectivity index (χ0n) is 14.9. The lowest BCUT2D eigenvalue weighted by molar-refractivity contribution is 0.0933. The van der Waals surface area contributed by atoms with Gasteiger partial charge in [0.1, 0.15) is 0 Å². The third-order valence-corrected chi connectivity index (χ3v) is 5.18. The van der Waals surface area contributed by atoms with Gasteiger partial charge >= 0.3 is 0 Å². The summed E-state index contributed by atoms with van der Waals surface area (Å²) in [6.07, 6.45) is 1.95. The molecule has 6 heteroatoms. The Hall–Kier alpha value is -2.79. The molecule has 5 nitrogen and oxygen atoms in total. The van der Waals surface area contributed by atoms with Crippen LogP contribution in [-0.4, -0.2) is 35.2 Å². The Morgan fingerprint density at radius 3 is 2.74 bits per heavy atom. The number of benzene rings is 2. The van der Waals surface area contributed by atoms with Gasteiger partial charge in [0.2, 0.25) is 0 Å². The summed E-state index contributed by atoms with van der Waals surface area (Å²) in [5, 5.41) is 11.2. The summed E-state index contributed by atoms with van der Waals surface area (Å²) in [6, 6.07) is 19.4. The van der Waals surface area contributed by atoms with Gasteiger partial charge in [0.05, 0.1) is 16.3 Å². The van der Waals surface area contributed by atoms with Crippen LogP contribution in [0.4, 0.5) is 5.82 Å². The first-order valence-electron chi connectivity index (χ1n) is 9.12. The molecule has 4 rings (SSSR count). The number of aromatic nitrogens is 2. The second-order valence-electron chi connectivity index (χ2n) is 6.74. The van der Waals surface area contributed by atoms with E-state index in [1.165, 1.54) is 0 Å². The van der Waals surface area contributed by atoms with Crippen LogP contribution in [0.2, 0.25) is 5.02 Å². The van der Waals surface area contributed by atoms with E-state index in [0.29, 0.717) is 10.6 Å². The molecule has 2 N–H and O–H groups in total. The van der Waals surface area contributed by atoms with Crippen molar-refractivity contribution in [2.45, 2.75) is 18.9 Å². The Morgan fingerprint density at radius 2 is 1.93 bits per heavy atom. The first kappa shape index (κ1) is 17.6. The smallest absolute Gasteiger partial charge is 0.253 e. The summed E-state index contributed by atoms with van der Waals surface area (Å²) in [5.41, 5.74) is 2.62. The van der Waals surface area contributed by atoms with Crippen LogP contribution in [0.25, 0.3) is 11.3 Å². The number of H-pyrrole nitrogens is 1. The summed E-state index contributed by atoms with van der Waals surface area (Å²) < 4.78 is 0. The van der Waals surface area contributed by atoms with Crippen LogP contribution in [0, 0.1) is 0 Å². The molecule has 1 fully saturated rings. The number of hydrogen-bond acceptors (Lipinski definition) is 3. The average Bonchev–Trinajstić information content (AvgIpc) is 3.19. The quantitative estimate of drug-likeness (QED) is 0.715. The number of carbonyl (C=O) groups excluding carboxylic acids is 1. The lowest BCUT2D eigenvalue weighted by atomic mass is 10.0. The number of amides is 1. The van der Waals surface area contributed by atoms with E-state index in [0.717, 1.165) is 43.0 Å². The zero-order chi connectivity index (χ0) is 18.6. The molecule has 2 aromatic carbocycles. The van der Waals surface area contributed by atoms with Gasteiger partial charge in [0, 0.05) is 25.2 Å². The van der Waals surface area contributed by atoms with Crippen molar-refractivity contribution in [2.75, 3.05) is 18.0 Å². The van der Waals surface area contributed by atoms with Crippen LogP contribution in [0.15, 0.2) is 60.7 Å². The summed E-state index contributed by atoms with van der Waals surface area (Å²) >= 11 is 6.14. The van der Waals surface area contributed by atoms with E-state index in [4.69, 9.17) is 11.6 Å². The molecule has 1 atom stereocenters. The van der Waals surface area contributed by atoms with Gasteiger partial charge in [-0.3, -0.25) is 9.89 Å². The molecule has 1 amide bonds. The maximum Gasteiger partial charge on any atom is 0.253 e. The second kappa shape index (κ2) is 7.84. The first-order chi connectivity index (χ1) is 13.2. The lowest BCUT2D eigenvalue weighted by Gasteiger charge is -2.33. The number of aromatic amines is 1. The molecule has 0 aliphatic carbocycles. The van der Waals surface area contributed by atoms with Crippen LogP contribution in [-0.2, 0) is 0 Å². The Balaban J connectivity index is 1.43. The zero-order valence-corrected chi connectivity index (χ0v) is 15.6. The molecule has 1 aliphatic heterocycles. The monoisotopic (exact) mass is 380 g/mol. The number of halogens is 1. The maximum absolute atomic E-state index is 12.5. The molecule has 0 bridgehead atoms. The van der Waals surface area contributed by atoms with Gasteiger partial charge in [-0.15, -0.1) is 0 Å². The summed E-state index contributed by atoms with van der Waals surface area (Å²) in [5.74, 6) is 0.782. The van der Waals surface area contributed by atoms with E-state index in [1.807, 2.05) is 30.3 Å².